The first-order chi connectivity index (χ1) is 8.65. The van der Waals surface area contributed by atoms with E-state index in [1.54, 1.807) is 19.2 Å². The van der Waals surface area contributed by atoms with Gasteiger partial charge in [-0.2, -0.15) is 0 Å². The van der Waals surface area contributed by atoms with Crippen LogP contribution in [0.4, 0.5) is 5.69 Å². The molecule has 0 saturated heterocycles. The molecular formula is C12H19IN4O2. The maximum atomic E-state index is 11.2. The van der Waals surface area contributed by atoms with Gasteiger partial charge < -0.3 is 21.1 Å². The molecule has 0 heterocycles. The highest BCUT2D eigenvalue weighted by atomic mass is 127. The lowest BCUT2D eigenvalue weighted by Crippen LogP contribution is -2.28. The van der Waals surface area contributed by atoms with Crippen molar-refractivity contribution < 1.29 is 9.53 Å². The fraction of sp³-hybridized carbons (Fsp3) is 0.333. The minimum absolute atomic E-state index is 0. The molecule has 4 N–H and O–H groups in total. The van der Waals surface area contributed by atoms with E-state index in [4.69, 9.17) is 10.5 Å². The zero-order valence-corrected chi connectivity index (χ0v) is 13.3. The number of rotatable bonds is 5. The molecule has 0 spiro atoms. The molecule has 1 rings (SSSR count). The fourth-order valence-corrected chi connectivity index (χ4v) is 1.27. The second kappa shape index (κ2) is 9.42. The Kier molecular flexibility index (Phi) is 8.68. The quantitative estimate of drug-likeness (QED) is 0.408. The number of methoxy groups -OCH3 is 1. The van der Waals surface area contributed by atoms with Crippen molar-refractivity contribution in [1.29, 1.82) is 0 Å². The molecule has 6 nitrogen and oxygen atoms in total. The molecule has 1 aromatic rings. The maximum absolute atomic E-state index is 11.2. The van der Waals surface area contributed by atoms with Crippen molar-refractivity contribution >= 4 is 41.5 Å². The number of halogens is 1. The second-order valence-electron chi connectivity index (χ2n) is 3.51. The second-order valence-corrected chi connectivity index (χ2v) is 3.51. The van der Waals surface area contributed by atoms with Crippen molar-refractivity contribution in [3.63, 3.8) is 0 Å². The van der Waals surface area contributed by atoms with Gasteiger partial charge in [-0.05, 0) is 31.2 Å². The third kappa shape index (κ3) is 6.85. The van der Waals surface area contributed by atoms with Gasteiger partial charge >= 0.3 is 0 Å². The van der Waals surface area contributed by atoms with Crippen LogP contribution in [0.3, 0.4) is 0 Å². The van der Waals surface area contributed by atoms with Gasteiger partial charge in [0.2, 0.25) is 5.91 Å². The summed E-state index contributed by atoms with van der Waals surface area (Å²) in [6.07, 6.45) is 0. The number of nitrogens with one attached hydrogen (secondary N) is 2. The van der Waals surface area contributed by atoms with Crippen molar-refractivity contribution in [2.24, 2.45) is 10.7 Å². The fourth-order valence-electron chi connectivity index (χ4n) is 1.27. The van der Waals surface area contributed by atoms with Crippen LogP contribution in [0.2, 0.25) is 0 Å². The number of nitrogens with zero attached hydrogens (tertiary/aromatic N) is 1. The SMILES string of the molecule is CCNC(=O)CN=C(N)Nc1ccc(OC)cc1.I. The van der Waals surface area contributed by atoms with E-state index in [0.717, 1.165) is 11.4 Å². The van der Waals surface area contributed by atoms with Crippen LogP contribution in [0.15, 0.2) is 29.3 Å². The molecule has 7 heteroatoms. The summed E-state index contributed by atoms with van der Waals surface area (Å²) >= 11 is 0. The largest absolute Gasteiger partial charge is 0.497 e. The lowest BCUT2D eigenvalue weighted by molar-refractivity contribution is -0.119. The van der Waals surface area contributed by atoms with Crippen LogP contribution < -0.4 is 21.1 Å². The summed E-state index contributed by atoms with van der Waals surface area (Å²) in [6, 6.07) is 7.24. The average Bonchev–Trinajstić information content (AvgIpc) is 2.38. The number of nitrogens with two attached hydrogens (primary N) is 1. The highest BCUT2D eigenvalue weighted by molar-refractivity contribution is 14.0. The number of carbonyl (C=O) groups excluding carboxylic acids is 1. The highest BCUT2D eigenvalue weighted by Gasteiger charge is 1.99. The van der Waals surface area contributed by atoms with Gasteiger partial charge in [-0.15, -0.1) is 24.0 Å². The van der Waals surface area contributed by atoms with Crippen LogP contribution >= 0.6 is 24.0 Å². The third-order valence-corrected chi connectivity index (χ3v) is 2.13. The predicted molar refractivity (Wildman–Crippen MR) is 87.2 cm³/mol. The minimum Gasteiger partial charge on any atom is -0.497 e. The van der Waals surface area contributed by atoms with E-state index in [9.17, 15) is 4.79 Å². The molecule has 1 aromatic carbocycles. The number of carbonyl (C=O) groups is 1. The first kappa shape index (κ1) is 17.5. The van der Waals surface area contributed by atoms with Crippen LogP contribution in [-0.2, 0) is 4.79 Å². The van der Waals surface area contributed by atoms with Crippen molar-refractivity contribution in [3.05, 3.63) is 24.3 Å². The third-order valence-electron chi connectivity index (χ3n) is 2.13. The Morgan fingerprint density at radius 3 is 2.53 bits per heavy atom. The van der Waals surface area contributed by atoms with E-state index in [2.05, 4.69) is 15.6 Å². The topological polar surface area (TPSA) is 88.7 Å². The zero-order valence-electron chi connectivity index (χ0n) is 11.0. The average molecular weight is 378 g/mol. The molecule has 1 amide bonds. The Morgan fingerprint density at radius 1 is 1.37 bits per heavy atom. The molecule has 19 heavy (non-hydrogen) atoms. The van der Waals surface area contributed by atoms with Crippen molar-refractivity contribution in [1.82, 2.24) is 5.32 Å². The number of anilines is 1. The Balaban J connectivity index is 0.00000324. The summed E-state index contributed by atoms with van der Waals surface area (Å²) in [7, 11) is 1.60. The summed E-state index contributed by atoms with van der Waals surface area (Å²) in [6.45, 7) is 2.45. The molecule has 0 unspecified atom stereocenters. The first-order valence-corrected chi connectivity index (χ1v) is 5.63. The van der Waals surface area contributed by atoms with Gasteiger partial charge in [0.25, 0.3) is 0 Å². The first-order valence-electron chi connectivity index (χ1n) is 5.63. The summed E-state index contributed by atoms with van der Waals surface area (Å²) in [5.74, 6) is 0.807. The lowest BCUT2D eigenvalue weighted by atomic mass is 10.3. The number of aliphatic imine (C=N–C) groups is 1. The molecule has 0 aromatic heterocycles. The highest BCUT2D eigenvalue weighted by Crippen LogP contribution is 2.14. The van der Waals surface area contributed by atoms with E-state index >= 15 is 0 Å². The molecule has 0 bridgehead atoms. The Morgan fingerprint density at radius 2 is 2.00 bits per heavy atom. The molecule has 0 aliphatic carbocycles. The Labute approximate surface area is 129 Å². The van der Waals surface area contributed by atoms with E-state index in [-0.39, 0.29) is 42.4 Å². The molecule has 0 aliphatic heterocycles. The number of hydrogen-bond donors (Lipinski definition) is 3. The van der Waals surface area contributed by atoms with Crippen molar-refractivity contribution in [2.45, 2.75) is 6.92 Å². The summed E-state index contributed by atoms with van der Waals surface area (Å²) in [4.78, 5) is 15.1. The van der Waals surface area contributed by atoms with Gasteiger partial charge in [0.15, 0.2) is 5.96 Å². The molecule has 0 atom stereocenters. The number of guanidine groups is 1. The molecule has 0 radical (unpaired) electrons. The lowest BCUT2D eigenvalue weighted by Gasteiger charge is -2.06. The van der Waals surface area contributed by atoms with Crippen LogP contribution in [-0.4, -0.2) is 32.1 Å². The number of ether oxygens (including phenoxy) is 1. The van der Waals surface area contributed by atoms with Gasteiger partial charge in [0.1, 0.15) is 12.3 Å². The standard InChI is InChI=1S/C12H18N4O2.HI/c1-3-14-11(17)8-15-12(13)16-9-4-6-10(18-2)7-5-9;/h4-7H,3,8H2,1-2H3,(H,14,17)(H3,13,15,16);1H. The normalized spacial score (nSPS) is 10.3. The molecule has 0 saturated carbocycles. The predicted octanol–water partition coefficient (Wildman–Crippen LogP) is 1.18. The van der Waals surface area contributed by atoms with Gasteiger partial charge in [0.05, 0.1) is 7.11 Å². The Hall–Kier alpha value is -1.51. The number of amides is 1. The van der Waals surface area contributed by atoms with Gasteiger partial charge in [0, 0.05) is 12.2 Å². The number of likely N-dealkylation sites (N-methyl/N-ethyl adjacent to an activating group) is 1. The summed E-state index contributed by atoms with van der Waals surface area (Å²) < 4.78 is 5.04. The minimum atomic E-state index is -0.156. The van der Waals surface area contributed by atoms with Crippen LogP contribution in [0.1, 0.15) is 6.92 Å². The monoisotopic (exact) mass is 378 g/mol. The van der Waals surface area contributed by atoms with Gasteiger partial charge in [-0.3, -0.25) is 4.79 Å². The van der Waals surface area contributed by atoms with E-state index in [1.807, 2.05) is 19.1 Å². The van der Waals surface area contributed by atoms with E-state index < -0.39 is 0 Å². The molecule has 106 valence electrons. The van der Waals surface area contributed by atoms with Gasteiger partial charge in [-0.1, -0.05) is 0 Å². The molecule has 0 fully saturated rings. The van der Waals surface area contributed by atoms with Crippen LogP contribution in [0, 0.1) is 0 Å². The van der Waals surface area contributed by atoms with E-state index in [1.165, 1.54) is 0 Å². The van der Waals surface area contributed by atoms with Crippen LogP contribution in [0.25, 0.3) is 0 Å². The van der Waals surface area contributed by atoms with Gasteiger partial charge in [-0.25, -0.2) is 4.99 Å². The summed E-state index contributed by atoms with van der Waals surface area (Å²) in [5.41, 5.74) is 6.43. The maximum Gasteiger partial charge on any atom is 0.241 e. The van der Waals surface area contributed by atoms with Crippen molar-refractivity contribution in [3.8, 4) is 5.75 Å². The molecular weight excluding hydrogens is 359 g/mol. The Bertz CT molecular complexity index is 420. The smallest absolute Gasteiger partial charge is 0.241 e. The van der Waals surface area contributed by atoms with Crippen LogP contribution in [0.5, 0.6) is 5.75 Å². The van der Waals surface area contributed by atoms with Crippen molar-refractivity contribution in [2.75, 3.05) is 25.5 Å². The molecule has 0 aliphatic rings. The number of benzene rings is 1. The zero-order chi connectivity index (χ0) is 13.4. The summed E-state index contributed by atoms with van der Waals surface area (Å²) in [5, 5.41) is 5.52. The number of hydrogen-bond acceptors (Lipinski definition) is 3. The van der Waals surface area contributed by atoms with E-state index in [0.29, 0.717) is 6.54 Å².